The third kappa shape index (κ3) is 3.72. The molecule has 0 aromatic heterocycles. The summed E-state index contributed by atoms with van der Waals surface area (Å²) in [5.41, 5.74) is 2.40. The van der Waals surface area contributed by atoms with Gasteiger partial charge in [0.05, 0.1) is 0 Å². The monoisotopic (exact) mass is 207 g/mol. The zero-order valence-corrected chi connectivity index (χ0v) is 9.16. The van der Waals surface area contributed by atoms with Crippen molar-refractivity contribution >= 4 is 5.97 Å². The Hall–Kier alpha value is -1.35. The summed E-state index contributed by atoms with van der Waals surface area (Å²) in [6.45, 7) is 4.35. The molecule has 0 heterocycles. The number of nitrogens with one attached hydrogen (secondary N) is 1. The third-order valence-electron chi connectivity index (χ3n) is 2.38. The van der Waals surface area contributed by atoms with Crippen molar-refractivity contribution in [3.05, 3.63) is 35.4 Å². The van der Waals surface area contributed by atoms with E-state index in [1.165, 1.54) is 5.56 Å². The number of aryl methyl sites for hydroxylation is 1. The molecule has 0 fully saturated rings. The molecule has 82 valence electrons. The van der Waals surface area contributed by atoms with Gasteiger partial charge in [0.1, 0.15) is 6.04 Å². The van der Waals surface area contributed by atoms with Crippen LogP contribution in [0.4, 0.5) is 0 Å². The summed E-state index contributed by atoms with van der Waals surface area (Å²) in [6, 6.07) is 7.67. The SMILES string of the molecule is CCc1cccc(CN[C@@H](C)C(=O)O)c1. The van der Waals surface area contributed by atoms with E-state index >= 15 is 0 Å². The molecule has 1 aromatic rings. The highest BCUT2D eigenvalue weighted by Gasteiger charge is 2.08. The van der Waals surface area contributed by atoms with Crippen LogP contribution in [0.5, 0.6) is 0 Å². The number of carbonyl (C=O) groups is 1. The van der Waals surface area contributed by atoms with E-state index in [9.17, 15) is 4.79 Å². The minimum atomic E-state index is -0.818. The van der Waals surface area contributed by atoms with Crippen molar-refractivity contribution in [1.29, 1.82) is 0 Å². The zero-order chi connectivity index (χ0) is 11.3. The molecule has 1 atom stereocenters. The summed E-state index contributed by atoms with van der Waals surface area (Å²) in [7, 11) is 0. The lowest BCUT2D eigenvalue weighted by Gasteiger charge is -2.09. The van der Waals surface area contributed by atoms with Crippen molar-refractivity contribution < 1.29 is 9.90 Å². The molecule has 3 nitrogen and oxygen atoms in total. The molecule has 0 spiro atoms. The molecular formula is C12H17NO2. The van der Waals surface area contributed by atoms with Crippen LogP contribution in [-0.4, -0.2) is 17.1 Å². The van der Waals surface area contributed by atoms with Crippen LogP contribution in [-0.2, 0) is 17.8 Å². The summed E-state index contributed by atoms with van der Waals surface area (Å²) >= 11 is 0. The average Bonchev–Trinajstić information content (AvgIpc) is 2.26. The molecule has 0 radical (unpaired) electrons. The molecule has 0 unspecified atom stereocenters. The Balaban J connectivity index is 2.53. The lowest BCUT2D eigenvalue weighted by Crippen LogP contribution is -2.33. The van der Waals surface area contributed by atoms with Gasteiger partial charge in [0.15, 0.2) is 0 Å². The number of rotatable bonds is 5. The van der Waals surface area contributed by atoms with Crippen LogP contribution in [0.3, 0.4) is 0 Å². The number of carboxylic acid groups (broad SMARTS) is 1. The Labute approximate surface area is 90.1 Å². The molecular weight excluding hydrogens is 190 g/mol. The van der Waals surface area contributed by atoms with Crippen LogP contribution in [0.1, 0.15) is 25.0 Å². The Kier molecular flexibility index (Phi) is 4.31. The van der Waals surface area contributed by atoms with Gasteiger partial charge in [-0.3, -0.25) is 4.79 Å². The standard InChI is InChI=1S/C12H17NO2/c1-3-10-5-4-6-11(7-10)8-13-9(2)12(14)15/h4-7,9,13H,3,8H2,1-2H3,(H,14,15)/t9-/m0/s1. The molecule has 1 aromatic carbocycles. The highest BCUT2D eigenvalue weighted by atomic mass is 16.4. The second-order valence-electron chi connectivity index (χ2n) is 3.61. The summed E-state index contributed by atoms with van der Waals surface area (Å²) in [6.07, 6.45) is 1.00. The van der Waals surface area contributed by atoms with Gasteiger partial charge < -0.3 is 10.4 Å². The summed E-state index contributed by atoms with van der Waals surface area (Å²) in [4.78, 5) is 10.6. The van der Waals surface area contributed by atoms with Crippen LogP contribution in [0.2, 0.25) is 0 Å². The predicted molar refractivity (Wildman–Crippen MR) is 59.8 cm³/mol. The quantitative estimate of drug-likeness (QED) is 0.774. The summed E-state index contributed by atoms with van der Waals surface area (Å²) in [5, 5.41) is 11.6. The van der Waals surface area contributed by atoms with Crippen LogP contribution in [0, 0.1) is 0 Å². The van der Waals surface area contributed by atoms with E-state index in [4.69, 9.17) is 5.11 Å². The van der Waals surface area contributed by atoms with Gasteiger partial charge in [0.2, 0.25) is 0 Å². The van der Waals surface area contributed by atoms with E-state index in [0.717, 1.165) is 12.0 Å². The van der Waals surface area contributed by atoms with E-state index in [1.54, 1.807) is 6.92 Å². The van der Waals surface area contributed by atoms with Crippen LogP contribution >= 0.6 is 0 Å². The Bertz CT molecular complexity index is 336. The van der Waals surface area contributed by atoms with Crippen LogP contribution in [0.15, 0.2) is 24.3 Å². The molecule has 2 N–H and O–H groups in total. The maximum atomic E-state index is 10.6. The third-order valence-corrected chi connectivity index (χ3v) is 2.38. The molecule has 0 aliphatic carbocycles. The van der Waals surface area contributed by atoms with Crippen molar-refractivity contribution in [2.24, 2.45) is 0 Å². The lowest BCUT2D eigenvalue weighted by atomic mass is 10.1. The number of aliphatic carboxylic acids is 1. The van der Waals surface area contributed by atoms with Crippen molar-refractivity contribution in [3.63, 3.8) is 0 Å². The van der Waals surface area contributed by atoms with Crippen molar-refractivity contribution in [2.75, 3.05) is 0 Å². The normalized spacial score (nSPS) is 12.4. The first-order chi connectivity index (χ1) is 7.13. The second-order valence-corrected chi connectivity index (χ2v) is 3.61. The van der Waals surface area contributed by atoms with Crippen LogP contribution in [0.25, 0.3) is 0 Å². The van der Waals surface area contributed by atoms with Gasteiger partial charge in [0.25, 0.3) is 0 Å². The van der Waals surface area contributed by atoms with Crippen molar-refractivity contribution in [3.8, 4) is 0 Å². The highest BCUT2D eigenvalue weighted by molar-refractivity contribution is 5.72. The minimum Gasteiger partial charge on any atom is -0.480 e. The molecule has 0 saturated carbocycles. The number of benzene rings is 1. The van der Waals surface area contributed by atoms with E-state index in [1.807, 2.05) is 12.1 Å². The topological polar surface area (TPSA) is 49.3 Å². The largest absolute Gasteiger partial charge is 0.480 e. The van der Waals surface area contributed by atoms with E-state index in [0.29, 0.717) is 6.54 Å². The van der Waals surface area contributed by atoms with Gasteiger partial charge in [-0.15, -0.1) is 0 Å². The van der Waals surface area contributed by atoms with Crippen molar-refractivity contribution in [1.82, 2.24) is 5.32 Å². The van der Waals surface area contributed by atoms with Gasteiger partial charge in [-0.05, 0) is 24.5 Å². The minimum absolute atomic E-state index is 0.504. The first kappa shape index (κ1) is 11.7. The molecule has 1 rings (SSSR count). The fourth-order valence-electron chi connectivity index (χ4n) is 1.32. The number of hydrogen-bond acceptors (Lipinski definition) is 2. The highest BCUT2D eigenvalue weighted by Crippen LogP contribution is 2.05. The maximum Gasteiger partial charge on any atom is 0.320 e. The number of carboxylic acids is 1. The Morgan fingerprint density at radius 2 is 2.13 bits per heavy atom. The first-order valence-electron chi connectivity index (χ1n) is 5.17. The van der Waals surface area contributed by atoms with Gasteiger partial charge in [-0.2, -0.15) is 0 Å². The Morgan fingerprint density at radius 3 is 2.73 bits per heavy atom. The molecule has 0 amide bonds. The molecule has 0 saturated heterocycles. The summed E-state index contributed by atoms with van der Waals surface area (Å²) < 4.78 is 0. The summed E-state index contributed by atoms with van der Waals surface area (Å²) in [5.74, 6) is -0.818. The molecule has 0 aliphatic rings. The zero-order valence-electron chi connectivity index (χ0n) is 9.16. The fourth-order valence-corrected chi connectivity index (χ4v) is 1.32. The van der Waals surface area contributed by atoms with Crippen LogP contribution < -0.4 is 5.32 Å². The van der Waals surface area contributed by atoms with Gasteiger partial charge in [0, 0.05) is 6.54 Å². The smallest absolute Gasteiger partial charge is 0.320 e. The van der Waals surface area contributed by atoms with E-state index < -0.39 is 12.0 Å². The maximum absolute atomic E-state index is 10.6. The predicted octanol–water partition coefficient (Wildman–Crippen LogP) is 1.81. The lowest BCUT2D eigenvalue weighted by molar-refractivity contribution is -0.139. The van der Waals surface area contributed by atoms with Gasteiger partial charge in [-0.25, -0.2) is 0 Å². The van der Waals surface area contributed by atoms with E-state index in [2.05, 4.69) is 24.4 Å². The fraction of sp³-hybridized carbons (Fsp3) is 0.417. The van der Waals surface area contributed by atoms with E-state index in [-0.39, 0.29) is 0 Å². The molecule has 3 heteroatoms. The van der Waals surface area contributed by atoms with Gasteiger partial charge in [-0.1, -0.05) is 31.2 Å². The molecule has 0 aliphatic heterocycles. The average molecular weight is 207 g/mol. The van der Waals surface area contributed by atoms with Gasteiger partial charge >= 0.3 is 5.97 Å². The molecule has 0 bridgehead atoms. The Morgan fingerprint density at radius 1 is 1.47 bits per heavy atom. The molecule has 15 heavy (non-hydrogen) atoms. The van der Waals surface area contributed by atoms with Crippen molar-refractivity contribution in [2.45, 2.75) is 32.9 Å². The number of hydrogen-bond donors (Lipinski definition) is 2. The second kappa shape index (κ2) is 5.51. The first-order valence-corrected chi connectivity index (χ1v) is 5.17.